The number of benzene rings is 3. The second-order valence-electron chi connectivity index (χ2n) is 5.76. The first-order chi connectivity index (χ1) is 10.4. The van der Waals surface area contributed by atoms with Crippen LogP contribution >= 0.6 is 0 Å². The summed E-state index contributed by atoms with van der Waals surface area (Å²) in [5.41, 5.74) is 2.90. The Bertz CT molecular complexity index is 1150. The average Bonchev–Trinajstić information content (AvgIpc) is 2.95. The van der Waals surface area contributed by atoms with E-state index in [-0.39, 0.29) is 0 Å². The second-order valence-corrected chi connectivity index (χ2v) is 5.76. The van der Waals surface area contributed by atoms with Crippen molar-refractivity contribution >= 4 is 22.9 Å². The Labute approximate surface area is 122 Å². The maximum absolute atomic E-state index is 2.36. The third-order valence-corrected chi connectivity index (χ3v) is 4.66. The topological polar surface area (TPSA) is 0 Å². The highest BCUT2D eigenvalue weighted by Gasteiger charge is 2.14. The zero-order valence-corrected chi connectivity index (χ0v) is 11.6. The molecule has 0 unspecified atom stereocenters. The van der Waals surface area contributed by atoms with Crippen LogP contribution in [0.2, 0.25) is 0 Å². The van der Waals surface area contributed by atoms with Crippen LogP contribution in [0.15, 0.2) is 60.7 Å². The lowest BCUT2D eigenvalue weighted by atomic mass is 9.92. The van der Waals surface area contributed by atoms with E-state index in [0.29, 0.717) is 0 Å². The Morgan fingerprint density at radius 3 is 2.57 bits per heavy atom. The summed E-state index contributed by atoms with van der Waals surface area (Å²) in [4.78, 5) is 0. The molecule has 0 N–H and O–H groups in total. The van der Waals surface area contributed by atoms with Crippen LogP contribution in [-0.2, 0) is 6.42 Å². The number of allylic oxidation sites excluding steroid dienone is 2. The molecule has 0 saturated heterocycles. The summed E-state index contributed by atoms with van der Waals surface area (Å²) < 4.78 is 0. The SMILES string of the molecule is C1=CCc2c3c(c4ccccc4c2=C1)=c1ccccc1=C3. The maximum atomic E-state index is 2.36. The van der Waals surface area contributed by atoms with Crippen molar-refractivity contribution in [2.24, 2.45) is 0 Å². The van der Waals surface area contributed by atoms with Gasteiger partial charge in [0.1, 0.15) is 0 Å². The Balaban J connectivity index is 2.22. The molecule has 3 aromatic carbocycles. The predicted octanol–water partition coefficient (Wildman–Crippen LogP) is 3.16. The van der Waals surface area contributed by atoms with E-state index in [9.17, 15) is 0 Å². The monoisotopic (exact) mass is 266 g/mol. The minimum absolute atomic E-state index is 1.03. The van der Waals surface area contributed by atoms with Gasteiger partial charge in [-0.1, -0.05) is 66.8 Å². The molecule has 0 amide bonds. The summed E-state index contributed by atoms with van der Waals surface area (Å²) in [7, 11) is 0. The second kappa shape index (κ2) is 3.95. The van der Waals surface area contributed by atoms with E-state index in [4.69, 9.17) is 0 Å². The molecule has 5 rings (SSSR count). The van der Waals surface area contributed by atoms with E-state index < -0.39 is 0 Å². The van der Waals surface area contributed by atoms with Crippen LogP contribution in [0.1, 0.15) is 11.1 Å². The molecule has 2 aliphatic carbocycles. The fraction of sp³-hybridized carbons (Fsp3) is 0.0476. The molecular formula is C21H14. The van der Waals surface area contributed by atoms with E-state index in [2.05, 4.69) is 72.8 Å². The van der Waals surface area contributed by atoms with Crippen LogP contribution in [0.5, 0.6) is 0 Å². The number of fused-ring (bicyclic) bond motifs is 7. The molecule has 0 bridgehead atoms. The largest absolute Gasteiger partial charge is 0.0801 e. The van der Waals surface area contributed by atoms with E-state index in [1.54, 1.807) is 0 Å². The Morgan fingerprint density at radius 1 is 0.810 bits per heavy atom. The van der Waals surface area contributed by atoms with Gasteiger partial charge in [0.15, 0.2) is 0 Å². The molecule has 0 fully saturated rings. The van der Waals surface area contributed by atoms with Crippen molar-refractivity contribution in [1.82, 2.24) is 0 Å². The first kappa shape index (κ1) is 11.1. The zero-order valence-electron chi connectivity index (χ0n) is 11.6. The van der Waals surface area contributed by atoms with Crippen LogP contribution in [0, 0.1) is 10.4 Å². The highest BCUT2D eigenvalue weighted by Crippen LogP contribution is 2.23. The molecular weight excluding hydrogens is 252 g/mol. The van der Waals surface area contributed by atoms with Crippen molar-refractivity contribution in [2.75, 3.05) is 0 Å². The van der Waals surface area contributed by atoms with Crippen LogP contribution in [0.4, 0.5) is 0 Å². The van der Waals surface area contributed by atoms with Crippen LogP contribution < -0.4 is 10.4 Å². The third kappa shape index (κ3) is 1.39. The first-order valence-electron chi connectivity index (χ1n) is 7.45. The lowest BCUT2D eigenvalue weighted by Gasteiger charge is -2.12. The van der Waals surface area contributed by atoms with E-state index in [0.717, 1.165) is 6.42 Å². The fourth-order valence-electron chi connectivity index (χ4n) is 3.76. The first-order valence-corrected chi connectivity index (χ1v) is 7.45. The summed E-state index contributed by atoms with van der Waals surface area (Å²) in [5, 5.41) is 8.29. The minimum atomic E-state index is 1.03. The van der Waals surface area contributed by atoms with Gasteiger partial charge in [-0.25, -0.2) is 0 Å². The van der Waals surface area contributed by atoms with Crippen molar-refractivity contribution in [3.8, 4) is 0 Å². The van der Waals surface area contributed by atoms with E-state index in [1.165, 1.54) is 42.8 Å². The van der Waals surface area contributed by atoms with Crippen molar-refractivity contribution in [3.63, 3.8) is 0 Å². The van der Waals surface area contributed by atoms with Gasteiger partial charge < -0.3 is 0 Å². The summed E-state index contributed by atoms with van der Waals surface area (Å²) in [5.74, 6) is 0. The summed E-state index contributed by atoms with van der Waals surface area (Å²) in [6.07, 6.45) is 10.1. The third-order valence-electron chi connectivity index (χ3n) is 4.66. The fourth-order valence-corrected chi connectivity index (χ4v) is 3.76. The molecule has 0 saturated carbocycles. The van der Waals surface area contributed by atoms with Crippen LogP contribution in [0.3, 0.4) is 0 Å². The number of hydrogen-bond acceptors (Lipinski definition) is 0. The maximum Gasteiger partial charge on any atom is -0.00233 e. The van der Waals surface area contributed by atoms with Gasteiger partial charge in [0.2, 0.25) is 0 Å². The van der Waals surface area contributed by atoms with Crippen molar-refractivity contribution < 1.29 is 0 Å². The highest BCUT2D eigenvalue weighted by atomic mass is 14.2. The normalized spacial score (nSPS) is 14.1. The molecule has 0 spiro atoms. The van der Waals surface area contributed by atoms with Crippen LogP contribution in [0.25, 0.3) is 22.9 Å². The Morgan fingerprint density at radius 2 is 1.62 bits per heavy atom. The predicted molar refractivity (Wildman–Crippen MR) is 88.2 cm³/mol. The molecule has 98 valence electrons. The minimum Gasteiger partial charge on any atom is -0.0801 e. The smallest absolute Gasteiger partial charge is 0.00233 e. The standard InChI is InChI=1S/C21H14/c1-2-8-15-14(7-1)13-20-18-11-4-3-9-16(18)17-10-5-6-12-19(17)21(15)20/h1-10,12-13H,11H2. The molecule has 3 aromatic rings. The van der Waals surface area contributed by atoms with Gasteiger partial charge >= 0.3 is 0 Å². The molecule has 0 heteroatoms. The van der Waals surface area contributed by atoms with Gasteiger partial charge in [0, 0.05) is 0 Å². The summed E-state index contributed by atoms with van der Waals surface area (Å²) in [6, 6.07) is 17.5. The molecule has 0 atom stereocenters. The lowest BCUT2D eigenvalue weighted by molar-refractivity contribution is 1.22. The Kier molecular flexibility index (Phi) is 2.09. The van der Waals surface area contributed by atoms with Crippen molar-refractivity contribution in [1.29, 1.82) is 0 Å². The van der Waals surface area contributed by atoms with E-state index in [1.807, 2.05) is 0 Å². The summed E-state index contributed by atoms with van der Waals surface area (Å²) in [6.45, 7) is 0. The quantitative estimate of drug-likeness (QED) is 0.458. The van der Waals surface area contributed by atoms with Gasteiger partial charge in [-0.05, 0) is 55.3 Å². The molecule has 0 aromatic heterocycles. The van der Waals surface area contributed by atoms with Gasteiger partial charge in [-0.15, -0.1) is 0 Å². The highest BCUT2D eigenvalue weighted by molar-refractivity contribution is 5.90. The van der Waals surface area contributed by atoms with Crippen molar-refractivity contribution in [2.45, 2.75) is 6.42 Å². The van der Waals surface area contributed by atoms with Crippen molar-refractivity contribution in [3.05, 3.63) is 92.7 Å². The molecule has 2 aliphatic rings. The molecule has 0 radical (unpaired) electrons. The van der Waals surface area contributed by atoms with Gasteiger partial charge in [-0.2, -0.15) is 0 Å². The average molecular weight is 266 g/mol. The summed E-state index contributed by atoms with van der Waals surface area (Å²) >= 11 is 0. The van der Waals surface area contributed by atoms with Gasteiger partial charge in [0.25, 0.3) is 0 Å². The lowest BCUT2D eigenvalue weighted by Crippen LogP contribution is -2.14. The molecule has 0 heterocycles. The van der Waals surface area contributed by atoms with Gasteiger partial charge in [-0.3, -0.25) is 0 Å². The van der Waals surface area contributed by atoms with Crippen LogP contribution in [-0.4, -0.2) is 0 Å². The molecule has 21 heavy (non-hydrogen) atoms. The number of rotatable bonds is 0. The molecule has 0 nitrogen and oxygen atoms in total. The van der Waals surface area contributed by atoms with Gasteiger partial charge in [0.05, 0.1) is 0 Å². The zero-order chi connectivity index (χ0) is 13.8. The Hall–Kier alpha value is -2.60. The molecule has 0 aliphatic heterocycles. The number of hydrogen-bond donors (Lipinski definition) is 0. The van der Waals surface area contributed by atoms with E-state index >= 15 is 0 Å².